The molecule has 0 unspecified atom stereocenters. The second kappa shape index (κ2) is 5.53. The van der Waals surface area contributed by atoms with Crippen LogP contribution in [0.4, 0.5) is 4.79 Å². The van der Waals surface area contributed by atoms with Crippen LogP contribution in [0.1, 0.15) is 39.5 Å². The van der Waals surface area contributed by atoms with E-state index in [4.69, 9.17) is 0 Å². The van der Waals surface area contributed by atoms with Gasteiger partial charge in [-0.15, -0.1) is 0 Å². The first-order valence-corrected chi connectivity index (χ1v) is 6.18. The Morgan fingerprint density at radius 2 is 1.88 bits per heavy atom. The standard InChI is InChI=1S/C12H25N3O/c1-10(2)14-11(16)13-9-12(15(3)4)7-5-6-8-12/h10H,5-9H2,1-4H3,(H2,13,14,16). The Labute approximate surface area is 98.8 Å². The first-order chi connectivity index (χ1) is 7.46. The van der Waals surface area contributed by atoms with Gasteiger partial charge >= 0.3 is 6.03 Å². The SMILES string of the molecule is CC(C)NC(=O)NCC1(N(C)C)CCCC1. The third kappa shape index (κ3) is 3.37. The van der Waals surface area contributed by atoms with E-state index in [1.165, 1.54) is 25.7 Å². The van der Waals surface area contributed by atoms with Gasteiger partial charge in [0.2, 0.25) is 0 Å². The van der Waals surface area contributed by atoms with Crippen LogP contribution in [0.15, 0.2) is 0 Å². The molecule has 1 saturated carbocycles. The number of rotatable bonds is 4. The van der Waals surface area contributed by atoms with E-state index in [2.05, 4.69) is 29.6 Å². The van der Waals surface area contributed by atoms with Crippen LogP contribution in [-0.4, -0.2) is 43.2 Å². The van der Waals surface area contributed by atoms with Crippen LogP contribution in [0.2, 0.25) is 0 Å². The monoisotopic (exact) mass is 227 g/mol. The maximum Gasteiger partial charge on any atom is 0.315 e. The lowest BCUT2D eigenvalue weighted by atomic mass is 9.96. The Kier molecular flexibility index (Phi) is 4.59. The number of nitrogens with zero attached hydrogens (tertiary/aromatic N) is 1. The predicted octanol–water partition coefficient (Wildman–Crippen LogP) is 1.57. The molecule has 0 radical (unpaired) electrons. The fourth-order valence-electron chi connectivity index (χ4n) is 2.37. The summed E-state index contributed by atoms with van der Waals surface area (Å²) in [6.45, 7) is 4.69. The fraction of sp³-hybridized carbons (Fsp3) is 0.917. The second-order valence-corrected chi connectivity index (χ2v) is 5.31. The van der Waals surface area contributed by atoms with Crippen molar-refractivity contribution in [1.82, 2.24) is 15.5 Å². The highest BCUT2D eigenvalue weighted by atomic mass is 16.2. The predicted molar refractivity (Wildman–Crippen MR) is 66.6 cm³/mol. The molecule has 0 aromatic rings. The van der Waals surface area contributed by atoms with Crippen LogP contribution < -0.4 is 10.6 Å². The molecule has 16 heavy (non-hydrogen) atoms. The number of carbonyl (C=O) groups excluding carboxylic acids is 1. The normalized spacial score (nSPS) is 19.1. The molecule has 0 heterocycles. The van der Waals surface area contributed by atoms with E-state index < -0.39 is 0 Å². The third-order valence-electron chi connectivity index (χ3n) is 3.48. The molecular weight excluding hydrogens is 202 g/mol. The van der Waals surface area contributed by atoms with E-state index >= 15 is 0 Å². The van der Waals surface area contributed by atoms with Crippen LogP contribution in [0, 0.1) is 0 Å². The molecule has 0 atom stereocenters. The second-order valence-electron chi connectivity index (χ2n) is 5.31. The minimum atomic E-state index is -0.0527. The molecule has 4 nitrogen and oxygen atoms in total. The van der Waals surface area contributed by atoms with Crippen LogP contribution in [-0.2, 0) is 0 Å². The summed E-state index contributed by atoms with van der Waals surface area (Å²) in [5.41, 5.74) is 0.175. The molecule has 2 N–H and O–H groups in total. The van der Waals surface area contributed by atoms with E-state index in [0.717, 1.165) is 6.54 Å². The van der Waals surface area contributed by atoms with Crippen LogP contribution in [0.3, 0.4) is 0 Å². The maximum atomic E-state index is 11.5. The molecule has 1 rings (SSSR count). The lowest BCUT2D eigenvalue weighted by Crippen LogP contribution is -2.53. The Morgan fingerprint density at radius 1 is 1.31 bits per heavy atom. The number of urea groups is 1. The van der Waals surface area contributed by atoms with Gasteiger partial charge in [-0.3, -0.25) is 0 Å². The molecule has 0 aromatic carbocycles. The Morgan fingerprint density at radius 3 is 2.31 bits per heavy atom. The van der Waals surface area contributed by atoms with E-state index in [9.17, 15) is 4.79 Å². The number of hydrogen-bond donors (Lipinski definition) is 2. The largest absolute Gasteiger partial charge is 0.336 e. The zero-order valence-corrected chi connectivity index (χ0v) is 11.0. The van der Waals surface area contributed by atoms with Crippen molar-refractivity contribution < 1.29 is 4.79 Å². The Bertz CT molecular complexity index is 232. The third-order valence-corrected chi connectivity index (χ3v) is 3.48. The molecule has 0 bridgehead atoms. The molecule has 1 fully saturated rings. The molecular formula is C12H25N3O. The van der Waals surface area contributed by atoms with Gasteiger partial charge in [0.05, 0.1) is 0 Å². The molecule has 94 valence electrons. The fourth-order valence-corrected chi connectivity index (χ4v) is 2.37. The Balaban J connectivity index is 2.42. The van der Waals surface area contributed by atoms with Gasteiger partial charge < -0.3 is 15.5 Å². The molecule has 0 aromatic heterocycles. The van der Waals surface area contributed by atoms with Crippen molar-refractivity contribution in [2.75, 3.05) is 20.6 Å². The molecule has 0 aliphatic heterocycles. The topological polar surface area (TPSA) is 44.4 Å². The van der Waals surface area contributed by atoms with Gasteiger partial charge in [0.25, 0.3) is 0 Å². The summed E-state index contributed by atoms with van der Waals surface area (Å²) >= 11 is 0. The summed E-state index contributed by atoms with van der Waals surface area (Å²) < 4.78 is 0. The first kappa shape index (κ1) is 13.3. The van der Waals surface area contributed by atoms with Crippen molar-refractivity contribution in [2.24, 2.45) is 0 Å². The number of amides is 2. The highest BCUT2D eigenvalue weighted by Crippen LogP contribution is 2.32. The van der Waals surface area contributed by atoms with Crippen molar-refractivity contribution in [1.29, 1.82) is 0 Å². The number of nitrogens with one attached hydrogen (secondary N) is 2. The van der Waals surface area contributed by atoms with Crippen LogP contribution in [0.5, 0.6) is 0 Å². The lowest BCUT2D eigenvalue weighted by Gasteiger charge is -2.36. The van der Waals surface area contributed by atoms with E-state index in [-0.39, 0.29) is 17.6 Å². The van der Waals surface area contributed by atoms with E-state index in [1.807, 2.05) is 13.8 Å². The highest BCUT2D eigenvalue weighted by molar-refractivity contribution is 5.74. The van der Waals surface area contributed by atoms with Crippen LogP contribution >= 0.6 is 0 Å². The van der Waals surface area contributed by atoms with Gasteiger partial charge in [-0.1, -0.05) is 12.8 Å². The van der Waals surface area contributed by atoms with Gasteiger partial charge in [0, 0.05) is 18.1 Å². The van der Waals surface area contributed by atoms with Crippen molar-refractivity contribution in [3.8, 4) is 0 Å². The van der Waals surface area contributed by atoms with Gasteiger partial charge in [0.1, 0.15) is 0 Å². The summed E-state index contributed by atoms with van der Waals surface area (Å²) in [6.07, 6.45) is 4.90. The average Bonchev–Trinajstić information content (AvgIpc) is 2.63. The van der Waals surface area contributed by atoms with Crippen LogP contribution in [0.25, 0.3) is 0 Å². The smallest absolute Gasteiger partial charge is 0.315 e. The molecule has 4 heteroatoms. The molecule has 0 saturated heterocycles. The van der Waals surface area contributed by atoms with Gasteiger partial charge in [-0.25, -0.2) is 4.79 Å². The zero-order chi connectivity index (χ0) is 12.2. The van der Waals surface area contributed by atoms with Gasteiger partial charge in [0.15, 0.2) is 0 Å². The summed E-state index contributed by atoms with van der Waals surface area (Å²) in [4.78, 5) is 13.8. The van der Waals surface area contributed by atoms with Gasteiger partial charge in [-0.05, 0) is 40.8 Å². The summed E-state index contributed by atoms with van der Waals surface area (Å²) in [5, 5.41) is 5.84. The average molecular weight is 227 g/mol. The summed E-state index contributed by atoms with van der Waals surface area (Å²) in [7, 11) is 4.21. The van der Waals surface area contributed by atoms with E-state index in [1.54, 1.807) is 0 Å². The minimum Gasteiger partial charge on any atom is -0.336 e. The van der Waals surface area contributed by atoms with Crippen molar-refractivity contribution in [2.45, 2.75) is 51.1 Å². The Hall–Kier alpha value is -0.770. The lowest BCUT2D eigenvalue weighted by molar-refractivity contribution is 0.154. The van der Waals surface area contributed by atoms with Gasteiger partial charge in [-0.2, -0.15) is 0 Å². The van der Waals surface area contributed by atoms with E-state index in [0.29, 0.717) is 0 Å². The number of likely N-dealkylation sites (N-methyl/N-ethyl adjacent to an activating group) is 1. The number of carbonyl (C=O) groups is 1. The first-order valence-electron chi connectivity index (χ1n) is 6.18. The van der Waals surface area contributed by atoms with Crippen molar-refractivity contribution in [3.63, 3.8) is 0 Å². The minimum absolute atomic E-state index is 0.0527. The van der Waals surface area contributed by atoms with Crippen molar-refractivity contribution in [3.05, 3.63) is 0 Å². The molecule has 0 spiro atoms. The quantitative estimate of drug-likeness (QED) is 0.765. The maximum absolute atomic E-state index is 11.5. The molecule has 1 aliphatic carbocycles. The van der Waals surface area contributed by atoms with Crippen molar-refractivity contribution >= 4 is 6.03 Å². The summed E-state index contributed by atoms with van der Waals surface area (Å²) in [5.74, 6) is 0. The summed E-state index contributed by atoms with van der Waals surface area (Å²) in [6, 6.07) is 0.141. The zero-order valence-electron chi connectivity index (χ0n) is 11.0. The number of hydrogen-bond acceptors (Lipinski definition) is 2. The highest BCUT2D eigenvalue weighted by Gasteiger charge is 2.36. The molecule has 1 aliphatic rings. The molecule has 2 amide bonds.